The molecule has 1 aromatic rings. The van der Waals surface area contributed by atoms with Gasteiger partial charge in [0.25, 0.3) is 0 Å². The van der Waals surface area contributed by atoms with Crippen LogP contribution in [0.3, 0.4) is 0 Å². The molecule has 2 saturated heterocycles. The Labute approximate surface area is 162 Å². The van der Waals surface area contributed by atoms with Crippen molar-refractivity contribution in [1.82, 2.24) is 14.9 Å². The molecule has 0 saturated carbocycles. The van der Waals surface area contributed by atoms with Crippen LogP contribution in [0.1, 0.15) is 44.1 Å². The Morgan fingerprint density at radius 2 is 1.89 bits per heavy atom. The fourth-order valence-electron chi connectivity index (χ4n) is 3.84. The lowest BCUT2D eigenvalue weighted by atomic mass is 9.96. The molecular weight excluding hydrogens is 362 g/mol. The number of carbonyl (C=O) groups excluding carboxylic acids is 1. The van der Waals surface area contributed by atoms with Crippen molar-refractivity contribution in [1.29, 1.82) is 0 Å². The number of piperidine rings is 1. The second-order valence-corrected chi connectivity index (χ2v) is 9.54. The molecule has 2 heterocycles. The molecule has 0 spiro atoms. The lowest BCUT2D eigenvalue weighted by Gasteiger charge is -2.22. The van der Waals surface area contributed by atoms with Crippen molar-refractivity contribution < 1.29 is 13.2 Å². The molecule has 27 heavy (non-hydrogen) atoms. The second-order valence-electron chi connectivity index (χ2n) is 7.61. The largest absolute Gasteiger partial charge is 0.356 e. The molecule has 0 aromatic heterocycles. The van der Waals surface area contributed by atoms with Gasteiger partial charge < -0.3 is 10.6 Å². The minimum atomic E-state index is -3.36. The average molecular weight is 394 g/mol. The molecule has 3 rings (SSSR count). The van der Waals surface area contributed by atoms with Gasteiger partial charge in [-0.05, 0) is 75.2 Å². The van der Waals surface area contributed by atoms with Crippen molar-refractivity contribution in [2.75, 3.05) is 32.7 Å². The van der Waals surface area contributed by atoms with Crippen molar-refractivity contribution in [3.8, 4) is 0 Å². The van der Waals surface area contributed by atoms with Crippen LogP contribution < -0.4 is 10.6 Å². The zero-order valence-electron chi connectivity index (χ0n) is 16.0. The number of aryl methyl sites for hydroxylation is 1. The molecule has 1 aromatic carbocycles. The first-order valence-electron chi connectivity index (χ1n) is 10.1. The van der Waals surface area contributed by atoms with E-state index in [1.165, 1.54) is 12.8 Å². The third-order valence-electron chi connectivity index (χ3n) is 5.54. The van der Waals surface area contributed by atoms with E-state index in [0.29, 0.717) is 36.7 Å². The molecule has 1 atom stereocenters. The van der Waals surface area contributed by atoms with Gasteiger partial charge in [0.05, 0.1) is 4.90 Å². The van der Waals surface area contributed by atoms with E-state index in [4.69, 9.17) is 0 Å². The smallest absolute Gasteiger partial charge is 0.243 e. The summed E-state index contributed by atoms with van der Waals surface area (Å²) in [6, 6.07) is 6.97. The van der Waals surface area contributed by atoms with Crippen LogP contribution in [0.4, 0.5) is 0 Å². The van der Waals surface area contributed by atoms with E-state index >= 15 is 0 Å². The van der Waals surface area contributed by atoms with Gasteiger partial charge in [-0.25, -0.2) is 8.42 Å². The molecule has 2 fully saturated rings. The number of nitrogens with zero attached hydrogens (tertiary/aromatic N) is 1. The van der Waals surface area contributed by atoms with Gasteiger partial charge >= 0.3 is 0 Å². The Morgan fingerprint density at radius 1 is 1.15 bits per heavy atom. The number of hydrogen-bond donors (Lipinski definition) is 2. The van der Waals surface area contributed by atoms with Crippen LogP contribution >= 0.6 is 0 Å². The van der Waals surface area contributed by atoms with Gasteiger partial charge in [0.1, 0.15) is 0 Å². The number of carbonyl (C=O) groups is 1. The highest BCUT2D eigenvalue weighted by Gasteiger charge is 2.26. The molecule has 1 unspecified atom stereocenters. The topological polar surface area (TPSA) is 78.5 Å². The number of hydrogen-bond acceptors (Lipinski definition) is 4. The van der Waals surface area contributed by atoms with E-state index in [2.05, 4.69) is 10.6 Å². The van der Waals surface area contributed by atoms with E-state index < -0.39 is 10.0 Å². The molecule has 150 valence electrons. The predicted octanol–water partition coefficient (Wildman–Crippen LogP) is 1.91. The number of nitrogens with one attached hydrogen (secondary N) is 2. The Hall–Kier alpha value is -1.44. The summed E-state index contributed by atoms with van der Waals surface area (Å²) < 4.78 is 26.6. The number of rotatable bonds is 8. The normalized spacial score (nSPS) is 21.3. The lowest BCUT2D eigenvalue weighted by Crippen LogP contribution is -2.33. The van der Waals surface area contributed by atoms with Crippen LogP contribution in [-0.2, 0) is 21.2 Å². The van der Waals surface area contributed by atoms with Crippen molar-refractivity contribution in [3.05, 3.63) is 29.8 Å². The first-order chi connectivity index (χ1) is 13.1. The van der Waals surface area contributed by atoms with Crippen LogP contribution in [0.25, 0.3) is 0 Å². The first kappa shape index (κ1) is 20.3. The van der Waals surface area contributed by atoms with E-state index in [1.54, 1.807) is 16.4 Å². The van der Waals surface area contributed by atoms with Crippen LogP contribution in [0.5, 0.6) is 0 Å². The molecule has 6 nitrogen and oxygen atoms in total. The zero-order valence-corrected chi connectivity index (χ0v) is 16.8. The molecule has 7 heteroatoms. The Kier molecular flexibility index (Phi) is 7.26. The monoisotopic (exact) mass is 393 g/mol. The molecular formula is C20H31N3O3S. The average Bonchev–Trinajstić information content (AvgIpc) is 3.23. The van der Waals surface area contributed by atoms with Crippen LogP contribution in [0, 0.1) is 5.92 Å². The second kappa shape index (κ2) is 9.66. The minimum Gasteiger partial charge on any atom is -0.356 e. The summed E-state index contributed by atoms with van der Waals surface area (Å²) in [6.45, 7) is 4.13. The van der Waals surface area contributed by atoms with E-state index in [9.17, 15) is 13.2 Å². The Morgan fingerprint density at radius 3 is 2.56 bits per heavy atom. The summed E-state index contributed by atoms with van der Waals surface area (Å²) in [6.07, 6.45) is 6.43. The zero-order chi connectivity index (χ0) is 19.1. The summed E-state index contributed by atoms with van der Waals surface area (Å²) in [7, 11) is -3.36. The van der Waals surface area contributed by atoms with Crippen LogP contribution in [-0.4, -0.2) is 51.4 Å². The quantitative estimate of drug-likeness (QED) is 0.707. The summed E-state index contributed by atoms with van der Waals surface area (Å²) >= 11 is 0. The molecule has 2 aliphatic rings. The van der Waals surface area contributed by atoms with E-state index in [1.807, 2.05) is 12.1 Å². The Balaban J connectivity index is 1.41. The summed E-state index contributed by atoms with van der Waals surface area (Å²) in [5.41, 5.74) is 0.988. The molecule has 0 bridgehead atoms. The van der Waals surface area contributed by atoms with E-state index in [0.717, 1.165) is 44.5 Å². The fraction of sp³-hybridized carbons (Fsp3) is 0.650. The fourth-order valence-corrected chi connectivity index (χ4v) is 5.36. The van der Waals surface area contributed by atoms with E-state index in [-0.39, 0.29) is 5.91 Å². The summed E-state index contributed by atoms with van der Waals surface area (Å²) in [4.78, 5) is 12.4. The highest BCUT2D eigenvalue weighted by Crippen LogP contribution is 2.21. The standard InChI is InChI=1S/C20H31N3O3S/c24-20(22-13-11-18-4-3-12-21-16-18)10-7-17-5-8-19(9-6-17)27(25,26)23-14-1-2-15-23/h5-6,8-9,18,21H,1-4,7,10-16H2,(H,22,24). The first-order valence-corrected chi connectivity index (χ1v) is 11.6. The van der Waals surface area contributed by atoms with Crippen molar-refractivity contribution in [2.45, 2.75) is 49.8 Å². The maximum absolute atomic E-state index is 12.5. The lowest BCUT2D eigenvalue weighted by molar-refractivity contribution is -0.121. The summed E-state index contributed by atoms with van der Waals surface area (Å²) in [5, 5.41) is 6.40. The van der Waals surface area contributed by atoms with Gasteiger partial charge in [-0.1, -0.05) is 12.1 Å². The predicted molar refractivity (Wildman–Crippen MR) is 106 cm³/mol. The molecule has 2 aliphatic heterocycles. The van der Waals surface area contributed by atoms with Crippen LogP contribution in [0.2, 0.25) is 0 Å². The number of amides is 1. The van der Waals surface area contributed by atoms with Crippen LogP contribution in [0.15, 0.2) is 29.2 Å². The minimum absolute atomic E-state index is 0.0625. The summed E-state index contributed by atoms with van der Waals surface area (Å²) in [5.74, 6) is 0.733. The molecule has 0 radical (unpaired) electrons. The van der Waals surface area contributed by atoms with Crippen molar-refractivity contribution >= 4 is 15.9 Å². The van der Waals surface area contributed by atoms with Gasteiger partial charge in [-0.3, -0.25) is 4.79 Å². The third-order valence-corrected chi connectivity index (χ3v) is 7.45. The Bertz CT molecular complexity index is 706. The highest BCUT2D eigenvalue weighted by molar-refractivity contribution is 7.89. The van der Waals surface area contributed by atoms with Gasteiger partial charge in [-0.15, -0.1) is 0 Å². The van der Waals surface area contributed by atoms with Gasteiger partial charge in [-0.2, -0.15) is 4.31 Å². The van der Waals surface area contributed by atoms with Crippen molar-refractivity contribution in [2.24, 2.45) is 5.92 Å². The SMILES string of the molecule is O=C(CCc1ccc(S(=O)(=O)N2CCCC2)cc1)NCCC1CCCNC1. The molecule has 1 amide bonds. The van der Waals surface area contributed by atoms with Gasteiger partial charge in [0, 0.05) is 26.1 Å². The highest BCUT2D eigenvalue weighted by atomic mass is 32.2. The van der Waals surface area contributed by atoms with Crippen molar-refractivity contribution in [3.63, 3.8) is 0 Å². The maximum Gasteiger partial charge on any atom is 0.243 e. The third kappa shape index (κ3) is 5.77. The maximum atomic E-state index is 12.5. The number of benzene rings is 1. The number of sulfonamides is 1. The van der Waals surface area contributed by atoms with Gasteiger partial charge in [0.2, 0.25) is 15.9 Å². The molecule has 2 N–H and O–H groups in total. The molecule has 0 aliphatic carbocycles. The van der Waals surface area contributed by atoms with Gasteiger partial charge in [0.15, 0.2) is 0 Å².